The van der Waals surface area contributed by atoms with Gasteiger partial charge in [0.25, 0.3) is 5.56 Å². The quantitative estimate of drug-likeness (QED) is 0.603. The van der Waals surface area contributed by atoms with E-state index in [2.05, 4.69) is 15.0 Å². The molecular formula is C18H17N5O3. The molecule has 4 aromatic rings. The number of fused-ring (bicyclic) bond motifs is 1. The first-order valence-corrected chi connectivity index (χ1v) is 8.10. The van der Waals surface area contributed by atoms with Crippen molar-refractivity contribution in [3.8, 4) is 11.5 Å². The van der Waals surface area contributed by atoms with Gasteiger partial charge in [0.05, 0.1) is 5.69 Å². The average Bonchev–Trinajstić information content (AvgIpc) is 3.25. The van der Waals surface area contributed by atoms with E-state index in [-0.39, 0.29) is 5.56 Å². The maximum Gasteiger partial charge on any atom is 0.332 e. The van der Waals surface area contributed by atoms with Gasteiger partial charge in [0.1, 0.15) is 17.6 Å². The van der Waals surface area contributed by atoms with Crippen molar-refractivity contribution in [3.63, 3.8) is 0 Å². The molecule has 1 aromatic carbocycles. The molecule has 0 spiro atoms. The van der Waals surface area contributed by atoms with Gasteiger partial charge in [0.2, 0.25) is 5.89 Å². The Labute approximate surface area is 147 Å². The normalized spacial score (nSPS) is 11.3. The smallest absolute Gasteiger partial charge is 0.332 e. The Morgan fingerprint density at radius 1 is 1.15 bits per heavy atom. The molecule has 0 aliphatic carbocycles. The van der Waals surface area contributed by atoms with E-state index in [0.717, 1.165) is 21.4 Å². The van der Waals surface area contributed by atoms with E-state index >= 15 is 0 Å². The van der Waals surface area contributed by atoms with E-state index in [0.29, 0.717) is 29.3 Å². The molecule has 3 aromatic heterocycles. The number of benzene rings is 1. The lowest BCUT2D eigenvalue weighted by Crippen LogP contribution is -2.36. The fourth-order valence-corrected chi connectivity index (χ4v) is 2.95. The number of oxazole rings is 1. The largest absolute Gasteiger partial charge is 0.444 e. The number of hydrogen-bond donors (Lipinski definition) is 1. The number of aryl methyl sites for hydroxylation is 2. The zero-order valence-electron chi connectivity index (χ0n) is 14.6. The SMILES string of the molecule is Cc1coc(-c2cccc(Cc3nc4c([nH]3)c(=O)n(C)c(=O)n4C)c2)n1. The Balaban J connectivity index is 1.74. The summed E-state index contributed by atoms with van der Waals surface area (Å²) >= 11 is 0. The molecule has 1 N–H and O–H groups in total. The molecule has 4 rings (SSSR count). The molecule has 3 heterocycles. The highest BCUT2D eigenvalue weighted by Gasteiger charge is 2.14. The van der Waals surface area contributed by atoms with Crippen LogP contribution in [0.4, 0.5) is 0 Å². The molecule has 0 saturated heterocycles. The van der Waals surface area contributed by atoms with Crippen LogP contribution in [0.25, 0.3) is 22.6 Å². The Hall–Kier alpha value is -3.42. The van der Waals surface area contributed by atoms with E-state index in [9.17, 15) is 9.59 Å². The van der Waals surface area contributed by atoms with Gasteiger partial charge >= 0.3 is 5.69 Å². The molecule has 0 atom stereocenters. The lowest BCUT2D eigenvalue weighted by Gasteiger charge is -2.01. The molecule has 0 amide bonds. The second kappa shape index (κ2) is 5.83. The Bertz CT molecular complexity index is 1240. The van der Waals surface area contributed by atoms with E-state index < -0.39 is 5.69 Å². The van der Waals surface area contributed by atoms with Crippen LogP contribution in [-0.2, 0) is 20.5 Å². The minimum Gasteiger partial charge on any atom is -0.444 e. The van der Waals surface area contributed by atoms with Crippen LogP contribution in [0, 0.1) is 6.92 Å². The van der Waals surface area contributed by atoms with Gasteiger partial charge in [-0.05, 0) is 24.6 Å². The number of nitrogens with one attached hydrogen (secondary N) is 1. The summed E-state index contributed by atoms with van der Waals surface area (Å²) in [6, 6.07) is 7.77. The number of H-pyrrole nitrogens is 1. The highest BCUT2D eigenvalue weighted by Crippen LogP contribution is 2.21. The van der Waals surface area contributed by atoms with Crippen molar-refractivity contribution >= 4 is 11.2 Å². The summed E-state index contributed by atoms with van der Waals surface area (Å²) < 4.78 is 7.87. The van der Waals surface area contributed by atoms with Crippen LogP contribution in [0.2, 0.25) is 0 Å². The molecule has 0 radical (unpaired) electrons. The van der Waals surface area contributed by atoms with Gasteiger partial charge in [-0.25, -0.2) is 14.8 Å². The molecule has 0 fully saturated rings. The first-order valence-electron chi connectivity index (χ1n) is 8.10. The van der Waals surface area contributed by atoms with Gasteiger partial charge < -0.3 is 9.40 Å². The minimum absolute atomic E-state index is 0.323. The maximum absolute atomic E-state index is 12.3. The summed E-state index contributed by atoms with van der Waals surface area (Å²) in [5, 5.41) is 0. The number of aromatic nitrogens is 5. The molecule has 0 saturated carbocycles. The first-order chi connectivity index (χ1) is 12.4. The number of rotatable bonds is 3. The van der Waals surface area contributed by atoms with Crippen molar-refractivity contribution in [3.05, 3.63) is 68.4 Å². The first kappa shape index (κ1) is 16.1. The predicted molar refractivity (Wildman–Crippen MR) is 96.1 cm³/mol. The molecule has 8 nitrogen and oxygen atoms in total. The second-order valence-corrected chi connectivity index (χ2v) is 6.26. The van der Waals surface area contributed by atoms with Crippen molar-refractivity contribution in [1.82, 2.24) is 24.1 Å². The average molecular weight is 351 g/mol. The van der Waals surface area contributed by atoms with Crippen LogP contribution >= 0.6 is 0 Å². The lowest BCUT2D eigenvalue weighted by molar-refractivity contribution is 0.573. The van der Waals surface area contributed by atoms with E-state index in [1.54, 1.807) is 13.3 Å². The number of imidazole rings is 1. The monoisotopic (exact) mass is 351 g/mol. The van der Waals surface area contributed by atoms with Gasteiger partial charge in [-0.15, -0.1) is 0 Å². The summed E-state index contributed by atoms with van der Waals surface area (Å²) in [5.74, 6) is 1.17. The minimum atomic E-state index is -0.401. The third kappa shape index (κ3) is 2.55. The third-order valence-electron chi connectivity index (χ3n) is 4.31. The molecule has 0 unspecified atom stereocenters. The van der Waals surface area contributed by atoms with Crippen molar-refractivity contribution in [2.75, 3.05) is 0 Å². The summed E-state index contributed by atoms with van der Waals surface area (Å²) in [4.78, 5) is 36.1. The van der Waals surface area contributed by atoms with E-state index in [4.69, 9.17) is 4.42 Å². The van der Waals surface area contributed by atoms with Gasteiger partial charge in [0, 0.05) is 26.1 Å². The third-order valence-corrected chi connectivity index (χ3v) is 4.31. The highest BCUT2D eigenvalue weighted by molar-refractivity contribution is 5.69. The molecule has 0 aliphatic rings. The Morgan fingerprint density at radius 2 is 1.96 bits per heavy atom. The molecule has 26 heavy (non-hydrogen) atoms. The van der Waals surface area contributed by atoms with Gasteiger partial charge in [-0.3, -0.25) is 13.9 Å². The number of aromatic amines is 1. The van der Waals surface area contributed by atoms with Crippen LogP contribution in [0.5, 0.6) is 0 Å². The van der Waals surface area contributed by atoms with Crippen LogP contribution in [-0.4, -0.2) is 24.1 Å². The van der Waals surface area contributed by atoms with Gasteiger partial charge in [-0.2, -0.15) is 0 Å². The molecular weight excluding hydrogens is 334 g/mol. The van der Waals surface area contributed by atoms with Crippen molar-refractivity contribution in [2.45, 2.75) is 13.3 Å². The van der Waals surface area contributed by atoms with E-state index in [1.165, 1.54) is 11.6 Å². The van der Waals surface area contributed by atoms with Crippen molar-refractivity contribution in [2.24, 2.45) is 14.1 Å². The molecule has 8 heteroatoms. The van der Waals surface area contributed by atoms with Gasteiger partial charge in [0.15, 0.2) is 5.65 Å². The molecule has 132 valence electrons. The second-order valence-electron chi connectivity index (χ2n) is 6.26. The Kier molecular flexibility index (Phi) is 3.61. The summed E-state index contributed by atoms with van der Waals surface area (Å²) in [6.07, 6.45) is 2.09. The topological polar surface area (TPSA) is 98.7 Å². The maximum atomic E-state index is 12.3. The molecule has 0 bridgehead atoms. The van der Waals surface area contributed by atoms with Crippen LogP contribution in [0.3, 0.4) is 0 Å². The summed E-state index contributed by atoms with van der Waals surface area (Å²) in [5.41, 5.74) is 2.57. The predicted octanol–water partition coefficient (Wildman–Crippen LogP) is 1.51. The summed E-state index contributed by atoms with van der Waals surface area (Å²) in [6.45, 7) is 1.87. The van der Waals surface area contributed by atoms with Crippen molar-refractivity contribution in [1.29, 1.82) is 0 Å². The van der Waals surface area contributed by atoms with Crippen LogP contribution in [0.15, 0.2) is 44.5 Å². The lowest BCUT2D eigenvalue weighted by atomic mass is 10.1. The van der Waals surface area contributed by atoms with Crippen molar-refractivity contribution < 1.29 is 4.42 Å². The number of nitrogens with zero attached hydrogens (tertiary/aromatic N) is 4. The Morgan fingerprint density at radius 3 is 2.69 bits per heavy atom. The van der Waals surface area contributed by atoms with Gasteiger partial charge in [-0.1, -0.05) is 12.1 Å². The summed E-state index contributed by atoms with van der Waals surface area (Å²) in [7, 11) is 3.05. The fraction of sp³-hybridized carbons (Fsp3) is 0.222. The molecule has 0 aliphatic heterocycles. The highest BCUT2D eigenvalue weighted by atomic mass is 16.3. The fourth-order valence-electron chi connectivity index (χ4n) is 2.95. The standard InChI is InChI=1S/C18H17N5O3/c1-10-9-26-16(19-10)12-6-4-5-11(7-12)8-13-20-14-15(21-13)22(2)18(25)23(3)17(14)24/h4-7,9H,8H2,1-3H3,(H,20,21). The number of hydrogen-bond acceptors (Lipinski definition) is 5. The van der Waals surface area contributed by atoms with Crippen LogP contribution in [0.1, 0.15) is 17.1 Å². The van der Waals surface area contributed by atoms with Crippen LogP contribution < -0.4 is 11.2 Å². The zero-order chi connectivity index (χ0) is 18.4. The van der Waals surface area contributed by atoms with E-state index in [1.807, 2.05) is 31.2 Å². The zero-order valence-corrected chi connectivity index (χ0v) is 14.6.